The molecule has 0 bridgehead atoms. The van der Waals surface area contributed by atoms with Crippen LogP contribution in [0, 0.1) is 28.6 Å². The lowest BCUT2D eigenvalue weighted by molar-refractivity contribution is -0.433. The van der Waals surface area contributed by atoms with Gasteiger partial charge in [0.2, 0.25) is 5.91 Å². The van der Waals surface area contributed by atoms with E-state index in [1.165, 1.54) is 5.57 Å². The van der Waals surface area contributed by atoms with E-state index in [9.17, 15) is 9.59 Å². The van der Waals surface area contributed by atoms with Crippen LogP contribution < -0.4 is 0 Å². The van der Waals surface area contributed by atoms with Crippen LogP contribution in [0.3, 0.4) is 0 Å². The summed E-state index contributed by atoms with van der Waals surface area (Å²) in [5.74, 6) is 0.514. The molecule has 3 amide bonds. The van der Waals surface area contributed by atoms with Gasteiger partial charge in [-0.2, -0.15) is 10.1 Å². The second kappa shape index (κ2) is 11.4. The summed E-state index contributed by atoms with van der Waals surface area (Å²) in [6.07, 6.45) is 12.4. The predicted octanol–water partition coefficient (Wildman–Crippen LogP) is 3.83. The Balaban J connectivity index is 1.37. The van der Waals surface area contributed by atoms with E-state index in [-0.39, 0.29) is 23.3 Å². The van der Waals surface area contributed by atoms with Crippen LogP contribution in [-0.2, 0) is 4.79 Å². The van der Waals surface area contributed by atoms with E-state index in [4.69, 9.17) is 5.26 Å². The summed E-state index contributed by atoms with van der Waals surface area (Å²) in [5, 5.41) is 8.92. The molecule has 1 spiro atoms. The fraction of sp³-hybridized carbons (Fsp3) is 0.593. The van der Waals surface area contributed by atoms with Crippen LogP contribution in [0.1, 0.15) is 45.4 Å². The Kier molecular flexibility index (Phi) is 8.60. The third kappa shape index (κ3) is 6.11. The molecule has 34 heavy (non-hydrogen) atoms. The van der Waals surface area contributed by atoms with Crippen molar-refractivity contribution >= 4 is 24.9 Å². The first kappa shape index (κ1) is 25.6. The monoisotopic (exact) mass is 464 g/mol. The maximum Gasteiger partial charge on any atom is 0.493 e. The smallest absolute Gasteiger partial charge is 0.343 e. The van der Waals surface area contributed by atoms with Gasteiger partial charge in [-0.3, -0.25) is 9.79 Å². The molecule has 2 heterocycles. The van der Waals surface area contributed by atoms with Gasteiger partial charge < -0.3 is 4.90 Å². The Hall–Kier alpha value is -3.01. The summed E-state index contributed by atoms with van der Waals surface area (Å²) in [4.78, 5) is 33.4. The Morgan fingerprint density at radius 3 is 2.68 bits per heavy atom. The fourth-order valence-electron chi connectivity index (χ4n) is 5.20. The quantitative estimate of drug-likeness (QED) is 0.295. The normalized spacial score (nSPS) is 22.4. The molecule has 0 aromatic heterocycles. The van der Waals surface area contributed by atoms with Crippen molar-refractivity contribution in [3.63, 3.8) is 0 Å². The second-order valence-corrected chi connectivity index (χ2v) is 9.92. The molecule has 7 nitrogen and oxygen atoms in total. The van der Waals surface area contributed by atoms with Gasteiger partial charge in [-0.25, -0.2) is 9.48 Å². The van der Waals surface area contributed by atoms with Gasteiger partial charge in [-0.15, -0.1) is 6.58 Å². The molecule has 2 atom stereocenters. The topological polar surface area (TPSA) is 79.8 Å². The summed E-state index contributed by atoms with van der Waals surface area (Å²) in [5.41, 5.74) is 2.57. The van der Waals surface area contributed by atoms with Gasteiger partial charge in [0.25, 0.3) is 0 Å². The lowest BCUT2D eigenvalue weighted by Crippen LogP contribution is -2.40. The van der Waals surface area contributed by atoms with Crippen molar-refractivity contribution in [1.29, 1.82) is 5.26 Å². The van der Waals surface area contributed by atoms with E-state index in [0.29, 0.717) is 44.8 Å². The zero-order valence-corrected chi connectivity index (χ0v) is 20.7. The minimum atomic E-state index is -0.162. The van der Waals surface area contributed by atoms with Crippen LogP contribution in [0.2, 0.25) is 0 Å². The van der Waals surface area contributed by atoms with Crippen molar-refractivity contribution < 1.29 is 14.2 Å². The first-order valence-electron chi connectivity index (χ1n) is 12.3. The zero-order valence-electron chi connectivity index (χ0n) is 20.7. The predicted molar refractivity (Wildman–Crippen MR) is 135 cm³/mol. The standard InChI is InChI=1S/C27H38N5O2/c1-5-22(16-28)9-7-6-8-10-25(33)31-13-11-27(12-14-31)15-24(27)20-30(4)26(34)32-18-21(2)23(19-32)17-29-3/h5-7,17,22,24H,1,4,8-15,18-20H2,2-3H3/q+1. The molecule has 2 unspecified atom stereocenters. The molecule has 7 heteroatoms. The molecule has 1 aliphatic carbocycles. The minimum Gasteiger partial charge on any atom is -0.343 e. The average Bonchev–Trinajstić information content (AvgIpc) is 3.35. The van der Waals surface area contributed by atoms with Crippen LogP contribution in [0.4, 0.5) is 4.79 Å². The van der Waals surface area contributed by atoms with Crippen molar-refractivity contribution in [2.45, 2.75) is 45.4 Å². The van der Waals surface area contributed by atoms with E-state index >= 15 is 0 Å². The summed E-state index contributed by atoms with van der Waals surface area (Å²) in [6.45, 7) is 13.3. The molecular formula is C27H38N5O2+. The first-order valence-corrected chi connectivity index (χ1v) is 12.3. The Labute approximate surface area is 203 Å². The number of amides is 3. The number of urea groups is 1. The third-order valence-corrected chi connectivity index (χ3v) is 7.61. The van der Waals surface area contributed by atoms with E-state index < -0.39 is 0 Å². The van der Waals surface area contributed by atoms with Crippen molar-refractivity contribution in [3.05, 3.63) is 36.0 Å². The molecule has 2 fully saturated rings. The van der Waals surface area contributed by atoms with E-state index in [1.807, 2.05) is 35.1 Å². The van der Waals surface area contributed by atoms with Gasteiger partial charge in [-0.05, 0) is 50.0 Å². The number of allylic oxidation sites excluding steroid dienone is 3. The molecule has 0 aromatic carbocycles. The van der Waals surface area contributed by atoms with Gasteiger partial charge >= 0.3 is 6.03 Å². The highest BCUT2D eigenvalue weighted by molar-refractivity contribution is 5.83. The van der Waals surface area contributed by atoms with Crippen LogP contribution in [0.25, 0.3) is 0 Å². The van der Waals surface area contributed by atoms with Crippen LogP contribution >= 0.6 is 0 Å². The summed E-state index contributed by atoms with van der Waals surface area (Å²) in [6, 6.07) is 2.16. The van der Waals surface area contributed by atoms with Crippen LogP contribution in [0.15, 0.2) is 40.9 Å². The van der Waals surface area contributed by atoms with Crippen molar-refractivity contribution in [1.82, 2.24) is 9.80 Å². The number of piperidine rings is 1. The Bertz CT molecular complexity index is 947. The number of carbonyl (C=O) groups excluding carboxylic acids is 2. The first-order chi connectivity index (χ1) is 16.3. The van der Waals surface area contributed by atoms with Crippen molar-refractivity contribution in [2.75, 3.05) is 39.8 Å². The van der Waals surface area contributed by atoms with E-state index in [1.54, 1.807) is 17.7 Å². The fourth-order valence-corrected chi connectivity index (χ4v) is 5.20. The lowest BCUT2D eigenvalue weighted by atomic mass is 9.90. The maximum absolute atomic E-state index is 12.9. The molecular weight excluding hydrogens is 426 g/mol. The van der Waals surface area contributed by atoms with Crippen molar-refractivity contribution in [3.8, 4) is 6.07 Å². The molecule has 3 aliphatic rings. The van der Waals surface area contributed by atoms with Gasteiger partial charge in [0, 0.05) is 44.3 Å². The summed E-state index contributed by atoms with van der Waals surface area (Å²) < 4.78 is 1.63. The van der Waals surface area contributed by atoms with Crippen molar-refractivity contribution in [2.24, 2.45) is 22.2 Å². The Morgan fingerprint density at radius 1 is 1.29 bits per heavy atom. The number of nitriles is 1. The molecule has 1 saturated heterocycles. The molecule has 0 aromatic rings. The number of carbonyl (C=O) groups is 2. The number of aliphatic imine (C=N–C) groups is 1. The van der Waals surface area contributed by atoms with Gasteiger partial charge in [-0.1, -0.05) is 18.2 Å². The number of hydrogen-bond donors (Lipinski definition) is 0. The van der Waals surface area contributed by atoms with Gasteiger partial charge in [0.1, 0.15) is 13.1 Å². The van der Waals surface area contributed by atoms with Crippen LogP contribution in [-0.4, -0.2) is 79.0 Å². The number of hydrogen-bond acceptors (Lipinski definition) is 4. The minimum absolute atomic E-state index is 0.0178. The number of likely N-dealkylation sites (tertiary alicyclic amines) is 1. The highest BCUT2D eigenvalue weighted by Crippen LogP contribution is 2.59. The number of nitrogens with zero attached hydrogens (tertiary/aromatic N) is 5. The third-order valence-electron chi connectivity index (χ3n) is 7.61. The molecule has 3 rings (SSSR count). The molecule has 0 radical (unpaired) electrons. The Morgan fingerprint density at radius 2 is 2.03 bits per heavy atom. The lowest BCUT2D eigenvalue weighted by Gasteiger charge is -2.33. The summed E-state index contributed by atoms with van der Waals surface area (Å²) in [7, 11) is 1.75. The SMILES string of the molecule is C=CC(C#N)CC=CCCC(=O)N1CCC2(CC1)CC2C[N+](=C)C(=O)N1CC(C)=C(C=NC)C1. The van der Waals surface area contributed by atoms with Gasteiger partial charge in [0.05, 0.1) is 25.2 Å². The molecule has 0 N–H and O–H groups in total. The highest BCUT2D eigenvalue weighted by atomic mass is 16.2. The average molecular weight is 465 g/mol. The van der Waals surface area contributed by atoms with Gasteiger partial charge in [0.15, 0.2) is 0 Å². The van der Waals surface area contributed by atoms with E-state index in [2.05, 4.69) is 24.4 Å². The molecule has 182 valence electrons. The second-order valence-electron chi connectivity index (χ2n) is 9.92. The maximum atomic E-state index is 12.9. The number of rotatable bonds is 9. The zero-order chi connectivity index (χ0) is 24.7. The molecule has 2 aliphatic heterocycles. The van der Waals surface area contributed by atoms with Crippen LogP contribution in [0.5, 0.6) is 0 Å². The summed E-state index contributed by atoms with van der Waals surface area (Å²) >= 11 is 0. The highest BCUT2D eigenvalue weighted by Gasteiger charge is 2.56. The largest absolute Gasteiger partial charge is 0.493 e. The van der Waals surface area contributed by atoms with E-state index in [0.717, 1.165) is 37.9 Å². The molecule has 1 saturated carbocycles.